The standard InChI is InChI=1S/C10H11FNO2S/c1-15(13,14)12-7-3-5-8-4-2-6-9(11)10(8)12/h2,4-6H,3,7H2,1H3. The third-order valence-corrected chi connectivity index (χ3v) is 3.53. The number of para-hydroxylation sites is 1. The monoisotopic (exact) mass is 228 g/mol. The molecular formula is C10H11FNO2S. The van der Waals surface area contributed by atoms with Gasteiger partial charge in [-0.1, -0.05) is 12.1 Å². The van der Waals surface area contributed by atoms with E-state index in [9.17, 15) is 12.8 Å². The van der Waals surface area contributed by atoms with Crippen LogP contribution in [0.5, 0.6) is 0 Å². The molecule has 0 saturated carbocycles. The Labute approximate surface area is 88.6 Å². The first kappa shape index (κ1) is 10.4. The molecule has 0 aliphatic carbocycles. The number of anilines is 1. The summed E-state index contributed by atoms with van der Waals surface area (Å²) in [6.07, 6.45) is 3.55. The second-order valence-corrected chi connectivity index (χ2v) is 5.41. The smallest absolute Gasteiger partial charge is 0.232 e. The van der Waals surface area contributed by atoms with Gasteiger partial charge in [-0.25, -0.2) is 12.8 Å². The molecule has 1 radical (unpaired) electrons. The van der Waals surface area contributed by atoms with E-state index in [2.05, 4.69) is 0 Å². The van der Waals surface area contributed by atoms with E-state index in [0.717, 1.165) is 10.6 Å². The largest absolute Gasteiger partial charge is 0.267 e. The molecule has 0 atom stereocenters. The molecule has 0 saturated heterocycles. The molecule has 3 nitrogen and oxygen atoms in total. The minimum Gasteiger partial charge on any atom is -0.267 e. The molecule has 0 N–H and O–H groups in total. The summed E-state index contributed by atoms with van der Waals surface area (Å²) in [5, 5.41) is 0. The zero-order valence-electron chi connectivity index (χ0n) is 8.27. The van der Waals surface area contributed by atoms with Gasteiger partial charge in [0, 0.05) is 6.54 Å². The maximum atomic E-state index is 13.5. The maximum absolute atomic E-state index is 13.5. The van der Waals surface area contributed by atoms with Crippen LogP contribution in [0.15, 0.2) is 18.2 Å². The van der Waals surface area contributed by atoms with Gasteiger partial charge in [0.05, 0.1) is 11.9 Å². The third-order valence-electron chi connectivity index (χ3n) is 2.36. The molecule has 0 aromatic heterocycles. The van der Waals surface area contributed by atoms with Gasteiger partial charge < -0.3 is 0 Å². The van der Waals surface area contributed by atoms with Crippen molar-refractivity contribution in [1.29, 1.82) is 0 Å². The van der Waals surface area contributed by atoms with Crippen molar-refractivity contribution in [2.45, 2.75) is 6.42 Å². The molecule has 1 aliphatic heterocycles. The van der Waals surface area contributed by atoms with Crippen LogP contribution in [-0.2, 0) is 10.0 Å². The van der Waals surface area contributed by atoms with Crippen LogP contribution in [-0.4, -0.2) is 21.2 Å². The number of rotatable bonds is 1. The summed E-state index contributed by atoms with van der Waals surface area (Å²) < 4.78 is 37.5. The lowest BCUT2D eigenvalue weighted by molar-refractivity contribution is 0.587. The van der Waals surface area contributed by atoms with Crippen LogP contribution in [0.1, 0.15) is 12.0 Å². The molecule has 1 aromatic carbocycles. The van der Waals surface area contributed by atoms with E-state index in [1.807, 2.05) is 6.42 Å². The number of hydrogen-bond donors (Lipinski definition) is 0. The van der Waals surface area contributed by atoms with Gasteiger partial charge in [0.1, 0.15) is 5.82 Å². The van der Waals surface area contributed by atoms with Crippen LogP contribution >= 0.6 is 0 Å². The maximum Gasteiger partial charge on any atom is 0.232 e. The number of benzene rings is 1. The fraction of sp³-hybridized carbons (Fsp3) is 0.300. The normalized spacial score (nSPS) is 16.3. The van der Waals surface area contributed by atoms with Crippen molar-refractivity contribution in [3.8, 4) is 0 Å². The fourth-order valence-electron chi connectivity index (χ4n) is 1.74. The Hall–Kier alpha value is -1.10. The molecule has 0 unspecified atom stereocenters. The SMILES string of the molecule is CS(=O)(=O)N1CC[CH]c2cccc(F)c21. The Morgan fingerprint density at radius 2 is 2.13 bits per heavy atom. The van der Waals surface area contributed by atoms with Crippen molar-refractivity contribution in [3.05, 3.63) is 36.0 Å². The highest BCUT2D eigenvalue weighted by molar-refractivity contribution is 7.92. The van der Waals surface area contributed by atoms with Crippen LogP contribution in [0.25, 0.3) is 0 Å². The zero-order valence-corrected chi connectivity index (χ0v) is 9.09. The van der Waals surface area contributed by atoms with Gasteiger partial charge in [-0.2, -0.15) is 0 Å². The predicted octanol–water partition coefficient (Wildman–Crippen LogP) is 1.55. The van der Waals surface area contributed by atoms with Crippen molar-refractivity contribution < 1.29 is 12.8 Å². The van der Waals surface area contributed by atoms with E-state index in [4.69, 9.17) is 0 Å². The first-order chi connectivity index (χ1) is 7.00. The molecular weight excluding hydrogens is 217 g/mol. The molecule has 2 rings (SSSR count). The van der Waals surface area contributed by atoms with E-state index in [1.54, 1.807) is 12.1 Å². The van der Waals surface area contributed by atoms with Crippen LogP contribution in [0.4, 0.5) is 10.1 Å². The topological polar surface area (TPSA) is 37.4 Å². The van der Waals surface area contributed by atoms with E-state index in [0.29, 0.717) is 18.5 Å². The van der Waals surface area contributed by atoms with Crippen molar-refractivity contribution in [1.82, 2.24) is 0 Å². The lowest BCUT2D eigenvalue weighted by Gasteiger charge is -2.29. The summed E-state index contributed by atoms with van der Waals surface area (Å²) in [5.41, 5.74) is 0.818. The highest BCUT2D eigenvalue weighted by Gasteiger charge is 2.26. The summed E-state index contributed by atoms with van der Waals surface area (Å²) in [6.45, 7) is 0.312. The minimum absolute atomic E-state index is 0.172. The van der Waals surface area contributed by atoms with Gasteiger partial charge in [-0.05, 0) is 24.5 Å². The van der Waals surface area contributed by atoms with Crippen molar-refractivity contribution >= 4 is 15.7 Å². The first-order valence-electron chi connectivity index (χ1n) is 4.59. The van der Waals surface area contributed by atoms with Gasteiger partial charge in [0.2, 0.25) is 10.0 Å². The zero-order chi connectivity index (χ0) is 11.1. The Morgan fingerprint density at radius 3 is 2.80 bits per heavy atom. The second kappa shape index (κ2) is 3.48. The average Bonchev–Trinajstić information content (AvgIpc) is 2.16. The third kappa shape index (κ3) is 1.84. The molecule has 1 heterocycles. The summed E-state index contributed by atoms with van der Waals surface area (Å²) in [4.78, 5) is 0. The number of fused-ring (bicyclic) bond motifs is 1. The van der Waals surface area contributed by atoms with Crippen LogP contribution < -0.4 is 4.31 Å². The summed E-state index contributed by atoms with van der Waals surface area (Å²) >= 11 is 0. The number of halogens is 1. The van der Waals surface area contributed by atoms with Gasteiger partial charge in [-0.3, -0.25) is 4.31 Å². The number of hydrogen-bond acceptors (Lipinski definition) is 2. The Morgan fingerprint density at radius 1 is 1.40 bits per heavy atom. The Bertz CT molecular complexity index is 484. The van der Waals surface area contributed by atoms with Crippen LogP contribution in [0.3, 0.4) is 0 Å². The van der Waals surface area contributed by atoms with E-state index in [-0.39, 0.29) is 5.69 Å². The summed E-state index contributed by atoms with van der Waals surface area (Å²) in [7, 11) is -3.39. The van der Waals surface area contributed by atoms with Crippen molar-refractivity contribution in [2.24, 2.45) is 0 Å². The Balaban J connectivity index is 2.60. The van der Waals surface area contributed by atoms with Gasteiger partial charge in [-0.15, -0.1) is 0 Å². The minimum atomic E-state index is -3.39. The van der Waals surface area contributed by atoms with Gasteiger partial charge >= 0.3 is 0 Å². The van der Waals surface area contributed by atoms with Gasteiger partial charge in [0.15, 0.2) is 0 Å². The molecule has 81 valence electrons. The Kier molecular flexibility index (Phi) is 2.42. The molecule has 0 amide bonds. The number of nitrogens with zero attached hydrogens (tertiary/aromatic N) is 1. The first-order valence-corrected chi connectivity index (χ1v) is 6.44. The van der Waals surface area contributed by atoms with Crippen LogP contribution in [0.2, 0.25) is 0 Å². The summed E-state index contributed by atoms with van der Waals surface area (Å²) in [6, 6.07) is 4.57. The van der Waals surface area contributed by atoms with Crippen LogP contribution in [0, 0.1) is 12.2 Å². The van der Waals surface area contributed by atoms with E-state index < -0.39 is 15.8 Å². The quantitative estimate of drug-likeness (QED) is 0.731. The van der Waals surface area contributed by atoms with Crippen molar-refractivity contribution in [2.75, 3.05) is 17.1 Å². The average molecular weight is 228 g/mol. The lowest BCUT2D eigenvalue weighted by atomic mass is 10.0. The number of sulfonamides is 1. The van der Waals surface area contributed by atoms with Gasteiger partial charge in [0.25, 0.3) is 0 Å². The van der Waals surface area contributed by atoms with E-state index in [1.165, 1.54) is 6.07 Å². The lowest BCUT2D eigenvalue weighted by Crippen LogP contribution is -2.34. The molecule has 0 bridgehead atoms. The molecule has 1 aromatic rings. The van der Waals surface area contributed by atoms with Crippen molar-refractivity contribution in [3.63, 3.8) is 0 Å². The molecule has 0 fully saturated rings. The second-order valence-electron chi connectivity index (χ2n) is 3.51. The fourth-order valence-corrected chi connectivity index (χ4v) is 2.70. The molecule has 0 spiro atoms. The molecule has 1 aliphatic rings. The molecule has 15 heavy (non-hydrogen) atoms. The highest BCUT2D eigenvalue weighted by Crippen LogP contribution is 2.32. The summed E-state index contributed by atoms with van der Waals surface area (Å²) in [5.74, 6) is -0.492. The highest BCUT2D eigenvalue weighted by atomic mass is 32.2. The molecule has 5 heteroatoms. The van der Waals surface area contributed by atoms with E-state index >= 15 is 0 Å². The predicted molar refractivity (Wildman–Crippen MR) is 56.6 cm³/mol.